The maximum absolute atomic E-state index is 13.8. The van der Waals surface area contributed by atoms with Crippen molar-refractivity contribution < 1.29 is 14.3 Å². The van der Waals surface area contributed by atoms with Gasteiger partial charge in [-0.15, -0.1) is 0 Å². The third-order valence-electron chi connectivity index (χ3n) is 4.11. The number of nitrogens with one attached hydrogen (secondary N) is 2. The number of benzene rings is 2. The number of rotatable bonds is 2. The molecule has 0 radical (unpaired) electrons. The summed E-state index contributed by atoms with van der Waals surface area (Å²) in [6.45, 7) is 10.4. The van der Waals surface area contributed by atoms with Gasteiger partial charge in [-0.05, 0) is 42.7 Å². The molecule has 1 amide bonds. The topological polar surface area (TPSA) is 78.1 Å². The Balaban J connectivity index is 2.15. The number of carbonyl (C=O) groups is 1. The first-order valence-electron chi connectivity index (χ1n) is 8.11. The summed E-state index contributed by atoms with van der Waals surface area (Å²) in [5, 5.41) is 15.9. The number of aryl methyl sites for hydroxylation is 1. The minimum absolute atomic E-state index is 0.0812. The summed E-state index contributed by atoms with van der Waals surface area (Å²) in [4.78, 5) is 20.4. The van der Waals surface area contributed by atoms with Crippen molar-refractivity contribution in [3.63, 3.8) is 0 Å². The van der Waals surface area contributed by atoms with E-state index in [1.54, 1.807) is 13.0 Å². The second kappa shape index (κ2) is 7.23. The van der Waals surface area contributed by atoms with Crippen molar-refractivity contribution in [2.75, 3.05) is 13.1 Å². The van der Waals surface area contributed by atoms with Crippen LogP contribution in [0.3, 0.4) is 0 Å². The zero-order valence-electron chi connectivity index (χ0n) is 14.1. The van der Waals surface area contributed by atoms with Crippen molar-refractivity contribution in [1.29, 1.82) is 0 Å². The number of halogens is 1. The van der Waals surface area contributed by atoms with Crippen molar-refractivity contribution in [3.05, 3.63) is 58.7 Å². The van der Waals surface area contributed by atoms with Gasteiger partial charge in [-0.25, -0.2) is 9.24 Å². The molecule has 132 valence electrons. The highest BCUT2D eigenvalue weighted by atomic mass is 19.1. The molecular formula is C19H17FN4O2. The molecule has 3 rings (SSSR count). The number of phenolic OH excluding ortho intramolecular Hbond substituents is 1. The van der Waals surface area contributed by atoms with E-state index in [-0.39, 0.29) is 22.6 Å². The molecule has 0 fully saturated rings. The van der Waals surface area contributed by atoms with E-state index in [0.29, 0.717) is 30.2 Å². The van der Waals surface area contributed by atoms with E-state index in [2.05, 4.69) is 20.5 Å². The van der Waals surface area contributed by atoms with Crippen LogP contribution in [0.15, 0.2) is 35.3 Å². The minimum Gasteiger partial charge on any atom is -0.507 e. The smallest absolute Gasteiger partial charge is 0.261 e. The van der Waals surface area contributed by atoms with E-state index in [0.717, 1.165) is 6.42 Å². The van der Waals surface area contributed by atoms with Gasteiger partial charge in [0.05, 0.1) is 12.1 Å². The molecule has 0 saturated carbocycles. The average molecular weight is 352 g/mol. The summed E-state index contributed by atoms with van der Waals surface area (Å²) in [6.07, 6.45) is 0.867. The van der Waals surface area contributed by atoms with Gasteiger partial charge in [0, 0.05) is 18.7 Å². The molecule has 0 aliphatic carbocycles. The van der Waals surface area contributed by atoms with E-state index >= 15 is 0 Å². The summed E-state index contributed by atoms with van der Waals surface area (Å²) < 4.78 is 13.8. The van der Waals surface area contributed by atoms with Gasteiger partial charge in [-0.3, -0.25) is 15.1 Å². The Kier molecular flexibility index (Phi) is 4.85. The Bertz CT molecular complexity index is 947. The molecule has 3 N–H and O–H groups in total. The molecule has 0 bridgehead atoms. The first-order valence-corrected chi connectivity index (χ1v) is 8.11. The van der Waals surface area contributed by atoms with Crippen LogP contribution in [0.5, 0.6) is 5.75 Å². The molecule has 0 saturated heterocycles. The molecule has 6 nitrogen and oxygen atoms in total. The normalized spacial score (nSPS) is 13.3. The highest BCUT2D eigenvalue weighted by Crippen LogP contribution is 2.40. The molecule has 0 spiro atoms. The van der Waals surface area contributed by atoms with Crippen LogP contribution in [-0.4, -0.2) is 30.1 Å². The van der Waals surface area contributed by atoms with Crippen molar-refractivity contribution in [2.24, 2.45) is 4.99 Å². The summed E-state index contributed by atoms with van der Waals surface area (Å²) in [5.41, 5.74) is 1.34. The van der Waals surface area contributed by atoms with Crippen LogP contribution in [0, 0.1) is 19.3 Å². The second-order valence-corrected chi connectivity index (χ2v) is 5.89. The lowest BCUT2D eigenvalue weighted by Gasteiger charge is -2.18. The molecular weight excluding hydrogens is 335 g/mol. The highest BCUT2D eigenvalue weighted by molar-refractivity contribution is 6.12. The van der Waals surface area contributed by atoms with Crippen LogP contribution >= 0.6 is 0 Å². The SMILES string of the molecule is [C-]#[N+]c1ccc(O)c(C(=O)NC2=NCCCN2)c1-c1cc(F)ccc1C. The Morgan fingerprint density at radius 1 is 1.38 bits per heavy atom. The standard InChI is InChI=1S/C19H17FN4O2/c1-11-4-5-12(20)10-13(11)16-14(21-2)6-7-15(25)17(16)18(26)24-19-22-8-3-9-23-19/h4-7,10,25H,3,8-9H2,1H3,(H2,22,23,24,26). The Morgan fingerprint density at radius 2 is 2.19 bits per heavy atom. The summed E-state index contributed by atoms with van der Waals surface area (Å²) in [7, 11) is 0. The molecule has 1 aliphatic heterocycles. The van der Waals surface area contributed by atoms with E-state index in [1.165, 1.54) is 24.3 Å². The lowest BCUT2D eigenvalue weighted by molar-refractivity contribution is 0.0973. The van der Waals surface area contributed by atoms with Crippen molar-refractivity contribution in [3.8, 4) is 16.9 Å². The molecule has 0 unspecified atom stereocenters. The predicted octanol–water partition coefficient (Wildman–Crippen LogP) is 3.14. The first-order chi connectivity index (χ1) is 12.5. The summed E-state index contributed by atoms with van der Waals surface area (Å²) >= 11 is 0. The Hall–Kier alpha value is -3.40. The minimum atomic E-state index is -0.611. The molecule has 7 heteroatoms. The number of amides is 1. The van der Waals surface area contributed by atoms with Crippen LogP contribution in [0.1, 0.15) is 22.3 Å². The van der Waals surface area contributed by atoms with E-state index in [4.69, 9.17) is 6.57 Å². The highest BCUT2D eigenvalue weighted by Gasteiger charge is 2.23. The van der Waals surface area contributed by atoms with Gasteiger partial charge in [0.15, 0.2) is 11.6 Å². The molecule has 0 aromatic heterocycles. The number of aromatic hydroxyl groups is 1. The molecule has 2 aromatic carbocycles. The van der Waals surface area contributed by atoms with Crippen LogP contribution in [0.4, 0.5) is 10.1 Å². The van der Waals surface area contributed by atoms with Crippen LogP contribution in [0.25, 0.3) is 16.0 Å². The molecule has 2 aromatic rings. The number of carbonyl (C=O) groups excluding carboxylic acids is 1. The number of hydrogen-bond acceptors (Lipinski definition) is 4. The third-order valence-corrected chi connectivity index (χ3v) is 4.11. The van der Waals surface area contributed by atoms with Crippen LogP contribution in [-0.2, 0) is 0 Å². The maximum atomic E-state index is 13.8. The van der Waals surface area contributed by atoms with E-state index < -0.39 is 11.7 Å². The van der Waals surface area contributed by atoms with Crippen molar-refractivity contribution in [2.45, 2.75) is 13.3 Å². The van der Waals surface area contributed by atoms with Crippen molar-refractivity contribution >= 4 is 17.6 Å². The number of phenols is 1. The zero-order chi connectivity index (χ0) is 18.7. The quantitative estimate of drug-likeness (QED) is 0.727. The number of hydrogen-bond donors (Lipinski definition) is 3. The van der Waals surface area contributed by atoms with Gasteiger partial charge in [-0.1, -0.05) is 12.1 Å². The van der Waals surface area contributed by atoms with Gasteiger partial charge in [0.2, 0.25) is 0 Å². The number of nitrogens with zero attached hydrogens (tertiary/aromatic N) is 2. The molecule has 26 heavy (non-hydrogen) atoms. The van der Waals surface area contributed by atoms with Crippen molar-refractivity contribution in [1.82, 2.24) is 10.6 Å². The van der Waals surface area contributed by atoms with Gasteiger partial charge in [0.25, 0.3) is 5.91 Å². The van der Waals surface area contributed by atoms with Gasteiger partial charge in [0.1, 0.15) is 11.6 Å². The number of aliphatic imine (C=N–C) groups is 1. The average Bonchev–Trinajstić information content (AvgIpc) is 2.64. The monoisotopic (exact) mass is 352 g/mol. The second-order valence-electron chi connectivity index (χ2n) is 5.89. The first kappa shape index (κ1) is 17.4. The zero-order valence-corrected chi connectivity index (χ0v) is 14.1. The molecule has 1 aliphatic rings. The largest absolute Gasteiger partial charge is 0.507 e. The van der Waals surface area contributed by atoms with Crippen LogP contribution < -0.4 is 10.6 Å². The lowest BCUT2D eigenvalue weighted by atomic mass is 9.93. The fourth-order valence-corrected chi connectivity index (χ4v) is 2.83. The lowest BCUT2D eigenvalue weighted by Crippen LogP contribution is -2.43. The van der Waals surface area contributed by atoms with Gasteiger partial charge in [-0.2, -0.15) is 0 Å². The Labute approximate surface area is 150 Å². The molecule has 0 atom stereocenters. The van der Waals surface area contributed by atoms with Gasteiger partial charge >= 0.3 is 0 Å². The van der Waals surface area contributed by atoms with E-state index in [9.17, 15) is 14.3 Å². The van der Waals surface area contributed by atoms with E-state index in [1.807, 2.05) is 0 Å². The van der Waals surface area contributed by atoms with Gasteiger partial charge < -0.3 is 10.4 Å². The summed E-state index contributed by atoms with van der Waals surface area (Å²) in [5.74, 6) is -1.07. The molecule has 1 heterocycles. The number of guanidine groups is 1. The van der Waals surface area contributed by atoms with Crippen LogP contribution in [0.2, 0.25) is 0 Å². The fraction of sp³-hybridized carbons (Fsp3) is 0.211. The predicted molar refractivity (Wildman–Crippen MR) is 96.9 cm³/mol. The Morgan fingerprint density at radius 3 is 2.88 bits per heavy atom. The third kappa shape index (κ3) is 3.35. The summed E-state index contributed by atoms with van der Waals surface area (Å²) in [6, 6.07) is 6.83. The fourth-order valence-electron chi connectivity index (χ4n) is 2.83. The maximum Gasteiger partial charge on any atom is 0.261 e.